The van der Waals surface area contributed by atoms with Crippen LogP contribution in [0.25, 0.3) is 0 Å². The molecule has 0 saturated carbocycles. The number of benzene rings is 1. The zero-order valence-corrected chi connectivity index (χ0v) is 11.2. The predicted molar refractivity (Wildman–Crippen MR) is 66.1 cm³/mol. The van der Waals surface area contributed by atoms with Crippen LogP contribution in [0.3, 0.4) is 0 Å². The van der Waals surface area contributed by atoms with Gasteiger partial charge in [0, 0.05) is 5.56 Å². The molecule has 0 saturated heterocycles. The van der Waals surface area contributed by atoms with Crippen LogP contribution in [0.4, 0.5) is 13.2 Å². The number of phenols is 1. The summed E-state index contributed by atoms with van der Waals surface area (Å²) in [5.41, 5.74) is -0.991. The van der Waals surface area contributed by atoms with Gasteiger partial charge in [0.2, 0.25) is 0 Å². The maximum Gasteiger partial charge on any atom is 0.416 e. The van der Waals surface area contributed by atoms with E-state index in [2.05, 4.69) is 22.5 Å². The number of halogens is 4. The van der Waals surface area contributed by atoms with E-state index in [0.29, 0.717) is 0 Å². The average molecular weight is 311 g/mol. The van der Waals surface area contributed by atoms with Crippen LogP contribution in [0, 0.1) is 0 Å². The summed E-state index contributed by atoms with van der Waals surface area (Å²) in [5, 5.41) is 9.48. The summed E-state index contributed by atoms with van der Waals surface area (Å²) < 4.78 is 37.8. The Hall–Kier alpha value is -0.970. The van der Waals surface area contributed by atoms with Gasteiger partial charge in [-0.05, 0) is 34.5 Å². The van der Waals surface area contributed by atoms with E-state index in [1.165, 1.54) is 12.1 Å². The van der Waals surface area contributed by atoms with Gasteiger partial charge in [-0.3, -0.25) is 0 Å². The first-order valence-corrected chi connectivity index (χ1v) is 5.85. The van der Waals surface area contributed by atoms with Crippen molar-refractivity contribution >= 4 is 15.9 Å². The third kappa shape index (κ3) is 4.07. The lowest BCUT2D eigenvalue weighted by Gasteiger charge is -2.13. The molecule has 17 heavy (non-hydrogen) atoms. The number of phenolic OH excluding ortho intramolecular Hbond substituents is 1. The monoisotopic (exact) mass is 310 g/mol. The normalized spacial score (nSPS) is 10.5. The van der Waals surface area contributed by atoms with Crippen LogP contribution in [0.15, 0.2) is 29.3 Å². The summed E-state index contributed by atoms with van der Waals surface area (Å²) in [6, 6.07) is 2.10. The fourth-order valence-electron chi connectivity index (χ4n) is 1.22. The van der Waals surface area contributed by atoms with E-state index >= 15 is 0 Å². The summed E-state index contributed by atoms with van der Waals surface area (Å²) in [4.78, 5) is 0. The summed E-state index contributed by atoms with van der Waals surface area (Å²) in [7, 11) is 0. The number of hydrogen-bond donors (Lipinski definition) is 1. The second-order valence-corrected chi connectivity index (χ2v) is 3.77. The SMILES string of the molecule is C=CCc1c(C(F)(F)F)ccc(Br)c1O.CC. The van der Waals surface area contributed by atoms with Gasteiger partial charge in [-0.1, -0.05) is 19.9 Å². The highest BCUT2D eigenvalue weighted by Gasteiger charge is 2.34. The molecule has 0 amide bonds. The van der Waals surface area contributed by atoms with Crippen molar-refractivity contribution in [3.63, 3.8) is 0 Å². The maximum absolute atomic E-state index is 12.5. The van der Waals surface area contributed by atoms with Gasteiger partial charge in [0.25, 0.3) is 0 Å². The highest BCUT2D eigenvalue weighted by molar-refractivity contribution is 9.10. The molecule has 0 aromatic heterocycles. The van der Waals surface area contributed by atoms with Crippen LogP contribution in [0.5, 0.6) is 5.75 Å². The standard InChI is InChI=1S/C10H8BrF3O.C2H6/c1-2-3-6-7(10(12,13)14)4-5-8(11)9(6)15;1-2/h2,4-5,15H,1,3H2;1-2H3. The van der Waals surface area contributed by atoms with Gasteiger partial charge < -0.3 is 5.11 Å². The van der Waals surface area contributed by atoms with Crippen molar-refractivity contribution in [3.8, 4) is 5.75 Å². The first kappa shape index (κ1) is 16.0. The lowest BCUT2D eigenvalue weighted by molar-refractivity contribution is -0.138. The van der Waals surface area contributed by atoms with Crippen LogP contribution in [0.1, 0.15) is 25.0 Å². The van der Waals surface area contributed by atoms with E-state index in [9.17, 15) is 18.3 Å². The van der Waals surface area contributed by atoms with E-state index < -0.39 is 11.7 Å². The molecule has 0 heterocycles. The third-order valence-corrected chi connectivity index (χ3v) is 2.53. The summed E-state index contributed by atoms with van der Waals surface area (Å²) >= 11 is 2.97. The first-order chi connectivity index (χ1) is 7.88. The second kappa shape index (κ2) is 6.69. The Morgan fingerprint density at radius 3 is 2.29 bits per heavy atom. The van der Waals surface area contributed by atoms with Gasteiger partial charge >= 0.3 is 6.18 Å². The van der Waals surface area contributed by atoms with Gasteiger partial charge in [-0.15, -0.1) is 6.58 Å². The zero-order valence-electron chi connectivity index (χ0n) is 9.61. The first-order valence-electron chi connectivity index (χ1n) is 5.06. The van der Waals surface area contributed by atoms with Gasteiger partial charge in [0.15, 0.2) is 0 Å². The fraction of sp³-hybridized carbons (Fsp3) is 0.333. The third-order valence-electron chi connectivity index (χ3n) is 1.89. The lowest BCUT2D eigenvalue weighted by Crippen LogP contribution is -2.09. The average Bonchev–Trinajstić information content (AvgIpc) is 2.26. The molecule has 96 valence electrons. The number of allylic oxidation sites excluding steroid dienone is 1. The molecule has 5 heteroatoms. The molecule has 1 aromatic carbocycles. The molecule has 1 aromatic rings. The van der Waals surface area contributed by atoms with Crippen molar-refractivity contribution in [2.45, 2.75) is 26.4 Å². The minimum Gasteiger partial charge on any atom is -0.506 e. The molecule has 0 aliphatic rings. The summed E-state index contributed by atoms with van der Waals surface area (Å²) in [5.74, 6) is -0.385. The Kier molecular flexibility index (Phi) is 6.31. The van der Waals surface area contributed by atoms with Gasteiger partial charge in [-0.25, -0.2) is 0 Å². The predicted octanol–water partition coefficient (Wildman–Crippen LogP) is 4.93. The van der Waals surface area contributed by atoms with E-state index in [1.54, 1.807) is 0 Å². The van der Waals surface area contributed by atoms with Crippen molar-refractivity contribution in [3.05, 3.63) is 40.4 Å². The summed E-state index contributed by atoms with van der Waals surface area (Å²) in [6.07, 6.45) is -3.17. The van der Waals surface area contributed by atoms with Crippen LogP contribution in [0.2, 0.25) is 0 Å². The molecule has 0 radical (unpaired) electrons. The molecule has 0 atom stereocenters. The minimum absolute atomic E-state index is 0.0277. The molecular weight excluding hydrogens is 297 g/mol. The van der Waals surface area contributed by atoms with Crippen LogP contribution >= 0.6 is 15.9 Å². The molecule has 0 unspecified atom stereocenters. The van der Waals surface area contributed by atoms with Gasteiger partial charge in [0.05, 0.1) is 10.0 Å². The van der Waals surface area contributed by atoms with Crippen molar-refractivity contribution in [1.29, 1.82) is 0 Å². The second-order valence-electron chi connectivity index (χ2n) is 2.91. The van der Waals surface area contributed by atoms with Crippen LogP contribution < -0.4 is 0 Å². The van der Waals surface area contributed by atoms with Crippen molar-refractivity contribution < 1.29 is 18.3 Å². The van der Waals surface area contributed by atoms with Gasteiger partial charge in [0.1, 0.15) is 5.75 Å². The van der Waals surface area contributed by atoms with E-state index in [-0.39, 0.29) is 22.2 Å². The molecule has 0 fully saturated rings. The molecule has 1 nitrogen and oxygen atoms in total. The van der Waals surface area contributed by atoms with Crippen LogP contribution in [-0.4, -0.2) is 5.11 Å². The maximum atomic E-state index is 12.5. The van der Waals surface area contributed by atoms with Gasteiger partial charge in [-0.2, -0.15) is 13.2 Å². The summed E-state index contributed by atoms with van der Waals surface area (Å²) in [6.45, 7) is 7.36. The number of rotatable bonds is 2. The van der Waals surface area contributed by atoms with E-state index in [1.807, 2.05) is 13.8 Å². The van der Waals surface area contributed by atoms with Crippen molar-refractivity contribution in [2.24, 2.45) is 0 Å². The molecule has 0 aliphatic heterocycles. The Labute approximate surface area is 107 Å². The molecule has 1 N–H and O–H groups in total. The Morgan fingerprint density at radius 1 is 1.35 bits per heavy atom. The quantitative estimate of drug-likeness (QED) is 0.768. The molecule has 0 spiro atoms. The van der Waals surface area contributed by atoms with Crippen LogP contribution in [-0.2, 0) is 12.6 Å². The van der Waals surface area contributed by atoms with Crippen molar-refractivity contribution in [1.82, 2.24) is 0 Å². The number of aromatic hydroxyl groups is 1. The Bertz CT molecular complexity index is 386. The van der Waals surface area contributed by atoms with E-state index in [0.717, 1.165) is 6.07 Å². The topological polar surface area (TPSA) is 20.2 Å². The zero-order chi connectivity index (χ0) is 13.6. The minimum atomic E-state index is -4.46. The number of hydrogen-bond acceptors (Lipinski definition) is 1. The smallest absolute Gasteiger partial charge is 0.416 e. The fourth-order valence-corrected chi connectivity index (χ4v) is 1.60. The Morgan fingerprint density at radius 2 is 1.88 bits per heavy atom. The highest BCUT2D eigenvalue weighted by atomic mass is 79.9. The van der Waals surface area contributed by atoms with E-state index in [4.69, 9.17) is 0 Å². The molecule has 1 rings (SSSR count). The molecule has 0 bridgehead atoms. The lowest BCUT2D eigenvalue weighted by atomic mass is 10.0. The molecular formula is C12H14BrF3O. The Balaban J connectivity index is 0.00000121. The largest absolute Gasteiger partial charge is 0.506 e. The number of alkyl halides is 3. The van der Waals surface area contributed by atoms with Crippen molar-refractivity contribution in [2.75, 3.05) is 0 Å². The highest BCUT2D eigenvalue weighted by Crippen LogP contribution is 2.39. The molecule has 0 aliphatic carbocycles.